The van der Waals surface area contributed by atoms with Gasteiger partial charge in [-0.05, 0) is 32.5 Å². The van der Waals surface area contributed by atoms with Crippen molar-refractivity contribution in [2.75, 3.05) is 50.5 Å². The van der Waals surface area contributed by atoms with Crippen LogP contribution in [-0.2, 0) is 6.42 Å². The van der Waals surface area contributed by atoms with E-state index in [1.54, 1.807) is 11.3 Å². The fourth-order valence-corrected chi connectivity index (χ4v) is 3.70. The molecule has 0 spiro atoms. The number of thiophene rings is 1. The largest absolute Gasteiger partial charge is 0.357 e. The predicted octanol–water partition coefficient (Wildman–Crippen LogP) is 2.44. The maximum Gasteiger partial charge on any atom is 0.225 e. The average molecular weight is 305 g/mol. The first-order valence-electron chi connectivity index (χ1n) is 7.63. The first-order chi connectivity index (χ1) is 10.2. The molecule has 1 aliphatic rings. The van der Waals surface area contributed by atoms with E-state index in [0.717, 1.165) is 49.2 Å². The summed E-state index contributed by atoms with van der Waals surface area (Å²) in [7, 11) is 4.08. The van der Waals surface area contributed by atoms with Gasteiger partial charge in [-0.3, -0.25) is 0 Å². The number of hydrogen-bond donors (Lipinski definition) is 1. The zero-order valence-corrected chi connectivity index (χ0v) is 13.8. The fourth-order valence-electron chi connectivity index (χ4n) is 2.74. The Morgan fingerprint density at radius 3 is 2.86 bits per heavy atom. The van der Waals surface area contributed by atoms with E-state index in [4.69, 9.17) is 4.98 Å². The van der Waals surface area contributed by atoms with Gasteiger partial charge in [0, 0.05) is 31.6 Å². The van der Waals surface area contributed by atoms with Crippen LogP contribution in [0.2, 0.25) is 0 Å². The molecule has 5 nitrogen and oxygen atoms in total. The van der Waals surface area contributed by atoms with Gasteiger partial charge in [0.15, 0.2) is 0 Å². The molecule has 0 atom stereocenters. The number of fused-ring (bicyclic) bond motifs is 1. The van der Waals surface area contributed by atoms with Crippen LogP contribution in [0, 0.1) is 0 Å². The molecule has 3 rings (SSSR count). The molecule has 6 heteroatoms. The molecule has 0 bridgehead atoms. The van der Waals surface area contributed by atoms with Crippen molar-refractivity contribution in [1.29, 1.82) is 0 Å². The highest BCUT2D eigenvalue weighted by Gasteiger charge is 2.19. The lowest BCUT2D eigenvalue weighted by molar-refractivity contribution is 0.360. The summed E-state index contributed by atoms with van der Waals surface area (Å²) in [5.74, 6) is 1.82. The van der Waals surface area contributed by atoms with Crippen LogP contribution in [0.15, 0.2) is 6.07 Å². The second-order valence-electron chi connectivity index (χ2n) is 5.55. The van der Waals surface area contributed by atoms with E-state index in [0.29, 0.717) is 0 Å². The molecular weight excluding hydrogens is 282 g/mol. The minimum Gasteiger partial charge on any atom is -0.357 e. The molecule has 1 saturated heterocycles. The molecular formula is C15H23N5S. The molecule has 114 valence electrons. The predicted molar refractivity (Wildman–Crippen MR) is 90.7 cm³/mol. The highest BCUT2D eigenvalue weighted by Crippen LogP contribution is 2.32. The Hall–Kier alpha value is -1.40. The molecule has 21 heavy (non-hydrogen) atoms. The maximum atomic E-state index is 4.75. The van der Waals surface area contributed by atoms with Crippen LogP contribution in [0.1, 0.15) is 18.2 Å². The normalized spacial score (nSPS) is 17.2. The monoisotopic (exact) mass is 305 g/mol. The smallest absolute Gasteiger partial charge is 0.225 e. The number of aromatic nitrogens is 2. The molecule has 1 N–H and O–H groups in total. The van der Waals surface area contributed by atoms with Crippen LogP contribution in [0.5, 0.6) is 0 Å². The molecule has 3 heterocycles. The van der Waals surface area contributed by atoms with Gasteiger partial charge in [-0.1, -0.05) is 6.92 Å². The van der Waals surface area contributed by atoms with Crippen molar-refractivity contribution in [2.45, 2.75) is 19.8 Å². The number of rotatable bonds is 3. The van der Waals surface area contributed by atoms with Crippen molar-refractivity contribution in [3.8, 4) is 0 Å². The molecule has 0 saturated carbocycles. The van der Waals surface area contributed by atoms with E-state index in [2.05, 4.69) is 40.1 Å². The topological polar surface area (TPSA) is 44.3 Å². The Morgan fingerprint density at radius 2 is 2.10 bits per heavy atom. The Labute approximate surface area is 130 Å². The van der Waals surface area contributed by atoms with Gasteiger partial charge in [-0.25, -0.2) is 4.98 Å². The van der Waals surface area contributed by atoms with E-state index in [1.807, 2.05) is 7.05 Å². The first-order valence-corrected chi connectivity index (χ1v) is 8.44. The first kappa shape index (κ1) is 14.5. The summed E-state index contributed by atoms with van der Waals surface area (Å²) in [5, 5.41) is 4.31. The van der Waals surface area contributed by atoms with Gasteiger partial charge in [0.1, 0.15) is 10.6 Å². The zero-order chi connectivity index (χ0) is 14.8. The van der Waals surface area contributed by atoms with Gasteiger partial charge in [-0.15, -0.1) is 11.3 Å². The summed E-state index contributed by atoms with van der Waals surface area (Å²) in [6.45, 7) is 6.54. The molecule has 0 radical (unpaired) electrons. The van der Waals surface area contributed by atoms with Gasteiger partial charge < -0.3 is 15.1 Å². The van der Waals surface area contributed by atoms with Crippen LogP contribution < -0.4 is 10.2 Å². The van der Waals surface area contributed by atoms with Crippen LogP contribution in [0.25, 0.3) is 10.2 Å². The standard InChI is InChI=1S/C15H23N5S/c1-4-11-10-12-13(17-15(16-2)18-14(12)21-11)20-7-5-6-19(3)8-9-20/h10H,4-9H2,1-3H3,(H,16,17,18). The van der Waals surface area contributed by atoms with Crippen molar-refractivity contribution in [1.82, 2.24) is 14.9 Å². The van der Waals surface area contributed by atoms with Crippen LogP contribution in [-0.4, -0.2) is 55.1 Å². The number of hydrogen-bond acceptors (Lipinski definition) is 6. The lowest BCUT2D eigenvalue weighted by Crippen LogP contribution is -2.29. The van der Waals surface area contributed by atoms with Crippen molar-refractivity contribution >= 4 is 33.3 Å². The highest BCUT2D eigenvalue weighted by molar-refractivity contribution is 7.18. The summed E-state index contributed by atoms with van der Waals surface area (Å²) < 4.78 is 0. The zero-order valence-electron chi connectivity index (χ0n) is 13.0. The SMILES string of the molecule is CCc1cc2c(N3CCCN(C)CC3)nc(NC)nc2s1. The third kappa shape index (κ3) is 2.96. The number of nitrogens with one attached hydrogen (secondary N) is 1. The minimum atomic E-state index is 0.722. The van der Waals surface area contributed by atoms with E-state index in [9.17, 15) is 0 Å². The molecule has 0 aromatic carbocycles. The lowest BCUT2D eigenvalue weighted by Gasteiger charge is -2.22. The summed E-state index contributed by atoms with van der Waals surface area (Å²) in [5.41, 5.74) is 0. The maximum absolute atomic E-state index is 4.75. The van der Waals surface area contributed by atoms with Gasteiger partial charge in [0.2, 0.25) is 5.95 Å². The van der Waals surface area contributed by atoms with Crippen LogP contribution in [0.3, 0.4) is 0 Å². The molecule has 1 fully saturated rings. The van der Waals surface area contributed by atoms with E-state index in [-0.39, 0.29) is 0 Å². The van der Waals surface area contributed by atoms with Crippen molar-refractivity contribution in [3.63, 3.8) is 0 Å². The average Bonchev–Trinajstić information content (AvgIpc) is 2.80. The summed E-state index contributed by atoms with van der Waals surface area (Å²) >= 11 is 1.78. The molecule has 2 aromatic rings. The Kier molecular flexibility index (Phi) is 4.26. The number of nitrogens with zero attached hydrogens (tertiary/aromatic N) is 4. The second kappa shape index (κ2) is 6.15. The second-order valence-corrected chi connectivity index (χ2v) is 6.66. The van der Waals surface area contributed by atoms with Gasteiger partial charge in [0.05, 0.1) is 5.39 Å². The number of likely N-dealkylation sites (N-methyl/N-ethyl adjacent to an activating group) is 1. The van der Waals surface area contributed by atoms with Crippen molar-refractivity contribution < 1.29 is 0 Å². The molecule has 0 aliphatic carbocycles. The summed E-state index contributed by atoms with van der Waals surface area (Å²) in [6.07, 6.45) is 2.24. The van der Waals surface area contributed by atoms with Crippen molar-refractivity contribution in [2.24, 2.45) is 0 Å². The van der Waals surface area contributed by atoms with Crippen LogP contribution in [0.4, 0.5) is 11.8 Å². The number of anilines is 2. The van der Waals surface area contributed by atoms with Crippen molar-refractivity contribution in [3.05, 3.63) is 10.9 Å². The Morgan fingerprint density at radius 1 is 1.24 bits per heavy atom. The fraction of sp³-hybridized carbons (Fsp3) is 0.600. The highest BCUT2D eigenvalue weighted by atomic mass is 32.1. The van der Waals surface area contributed by atoms with E-state index >= 15 is 0 Å². The quantitative estimate of drug-likeness (QED) is 0.943. The molecule has 2 aromatic heterocycles. The molecule has 0 amide bonds. The third-order valence-electron chi connectivity index (χ3n) is 4.01. The Bertz CT molecular complexity index is 624. The summed E-state index contributed by atoms with van der Waals surface area (Å²) in [4.78, 5) is 16.6. The van der Waals surface area contributed by atoms with Gasteiger partial charge >= 0.3 is 0 Å². The van der Waals surface area contributed by atoms with Gasteiger partial charge in [0.25, 0.3) is 0 Å². The molecule has 1 aliphatic heterocycles. The third-order valence-corrected chi connectivity index (χ3v) is 5.19. The minimum absolute atomic E-state index is 0.722. The Balaban J connectivity index is 2.04. The van der Waals surface area contributed by atoms with Crippen LogP contribution >= 0.6 is 11.3 Å². The molecule has 0 unspecified atom stereocenters. The van der Waals surface area contributed by atoms with Gasteiger partial charge in [-0.2, -0.15) is 4.98 Å². The lowest BCUT2D eigenvalue weighted by atomic mass is 10.3. The van der Waals surface area contributed by atoms with E-state index in [1.165, 1.54) is 16.7 Å². The number of aryl methyl sites for hydroxylation is 1. The summed E-state index contributed by atoms with van der Waals surface area (Å²) in [6, 6.07) is 2.27. The van der Waals surface area contributed by atoms with E-state index < -0.39 is 0 Å².